The number of ether oxygens (including phenoxy) is 3. The average molecular weight is 233 g/mol. The van der Waals surface area contributed by atoms with Crippen LogP contribution in [0, 0.1) is 0 Å². The van der Waals surface area contributed by atoms with Gasteiger partial charge in [-0.2, -0.15) is 0 Å². The number of carbonyl (C=O) groups is 2. The van der Waals surface area contributed by atoms with Gasteiger partial charge >= 0.3 is 0 Å². The maximum absolute atomic E-state index is 11.1. The SMILES string of the molecule is COCCNC(=O)COCCOCC(C)=O. The molecule has 0 radical (unpaired) electrons. The van der Waals surface area contributed by atoms with Crippen LogP contribution in [0.4, 0.5) is 0 Å². The third-order valence-corrected chi connectivity index (χ3v) is 1.54. The summed E-state index contributed by atoms with van der Waals surface area (Å²) in [6, 6.07) is 0. The molecule has 16 heavy (non-hydrogen) atoms. The molecule has 0 unspecified atom stereocenters. The van der Waals surface area contributed by atoms with Gasteiger partial charge in [-0.05, 0) is 6.92 Å². The van der Waals surface area contributed by atoms with Gasteiger partial charge in [0.05, 0.1) is 19.8 Å². The van der Waals surface area contributed by atoms with Crippen molar-refractivity contribution in [1.82, 2.24) is 5.32 Å². The fourth-order valence-electron chi connectivity index (χ4n) is 0.842. The first-order valence-corrected chi connectivity index (χ1v) is 5.07. The largest absolute Gasteiger partial charge is 0.383 e. The first kappa shape index (κ1) is 15.0. The number of ketones is 1. The lowest BCUT2D eigenvalue weighted by Crippen LogP contribution is -2.30. The first-order valence-electron chi connectivity index (χ1n) is 5.07. The van der Waals surface area contributed by atoms with Crippen molar-refractivity contribution in [3.63, 3.8) is 0 Å². The number of hydrogen-bond donors (Lipinski definition) is 1. The van der Waals surface area contributed by atoms with Crippen LogP contribution >= 0.6 is 0 Å². The Morgan fingerprint density at radius 3 is 2.25 bits per heavy atom. The monoisotopic (exact) mass is 233 g/mol. The summed E-state index contributed by atoms with van der Waals surface area (Å²) in [4.78, 5) is 21.6. The summed E-state index contributed by atoms with van der Waals surface area (Å²) in [7, 11) is 1.56. The maximum Gasteiger partial charge on any atom is 0.246 e. The lowest BCUT2D eigenvalue weighted by molar-refractivity contribution is -0.127. The normalized spacial score (nSPS) is 10.1. The number of methoxy groups -OCH3 is 1. The Hall–Kier alpha value is -0.980. The second-order valence-electron chi connectivity index (χ2n) is 3.15. The van der Waals surface area contributed by atoms with E-state index in [-0.39, 0.29) is 24.9 Å². The minimum absolute atomic E-state index is 0.00680. The minimum Gasteiger partial charge on any atom is -0.383 e. The van der Waals surface area contributed by atoms with Crippen LogP contribution in [0.5, 0.6) is 0 Å². The molecule has 0 aliphatic rings. The summed E-state index contributed by atoms with van der Waals surface area (Å²) >= 11 is 0. The standard InChI is InChI=1S/C10H19NO5/c1-9(12)7-15-5-6-16-8-10(13)11-3-4-14-2/h3-8H2,1-2H3,(H,11,13). The van der Waals surface area contributed by atoms with E-state index in [1.807, 2.05) is 0 Å². The van der Waals surface area contributed by atoms with Gasteiger partial charge in [-0.15, -0.1) is 0 Å². The first-order chi connectivity index (χ1) is 7.66. The number of hydrogen-bond acceptors (Lipinski definition) is 5. The highest BCUT2D eigenvalue weighted by atomic mass is 16.5. The van der Waals surface area contributed by atoms with E-state index in [2.05, 4.69) is 5.32 Å². The van der Waals surface area contributed by atoms with Gasteiger partial charge in [-0.25, -0.2) is 0 Å². The van der Waals surface area contributed by atoms with E-state index in [0.29, 0.717) is 26.4 Å². The van der Waals surface area contributed by atoms with E-state index in [1.165, 1.54) is 6.92 Å². The maximum atomic E-state index is 11.1. The predicted octanol–water partition coefficient (Wildman–Crippen LogP) is -0.629. The van der Waals surface area contributed by atoms with Crippen molar-refractivity contribution < 1.29 is 23.8 Å². The lowest BCUT2D eigenvalue weighted by atomic mass is 10.5. The molecule has 0 saturated heterocycles. The highest BCUT2D eigenvalue weighted by molar-refractivity contribution is 5.77. The van der Waals surface area contributed by atoms with Crippen LogP contribution in [0.1, 0.15) is 6.92 Å². The zero-order chi connectivity index (χ0) is 12.2. The Balaban J connectivity index is 3.18. The summed E-state index contributed by atoms with van der Waals surface area (Å²) < 4.78 is 14.7. The van der Waals surface area contributed by atoms with Crippen LogP contribution in [-0.2, 0) is 23.8 Å². The van der Waals surface area contributed by atoms with Crippen molar-refractivity contribution >= 4 is 11.7 Å². The summed E-state index contributed by atoms with van der Waals surface area (Å²) in [5, 5.41) is 2.61. The van der Waals surface area contributed by atoms with Gasteiger partial charge in [0.2, 0.25) is 5.91 Å². The van der Waals surface area contributed by atoms with E-state index in [9.17, 15) is 9.59 Å². The van der Waals surface area contributed by atoms with Crippen molar-refractivity contribution in [3.8, 4) is 0 Å². The molecule has 6 heteroatoms. The van der Waals surface area contributed by atoms with Gasteiger partial charge in [0.1, 0.15) is 13.2 Å². The molecule has 0 aromatic heterocycles. The van der Waals surface area contributed by atoms with Crippen LogP contribution in [0.2, 0.25) is 0 Å². The Morgan fingerprint density at radius 1 is 1.06 bits per heavy atom. The van der Waals surface area contributed by atoms with Crippen LogP contribution in [0.25, 0.3) is 0 Å². The van der Waals surface area contributed by atoms with Gasteiger partial charge in [-0.1, -0.05) is 0 Å². The molecule has 94 valence electrons. The number of amides is 1. The van der Waals surface area contributed by atoms with Crippen LogP contribution in [0.3, 0.4) is 0 Å². The van der Waals surface area contributed by atoms with Gasteiger partial charge in [0.15, 0.2) is 5.78 Å². The molecule has 0 saturated carbocycles. The molecule has 0 aromatic carbocycles. The zero-order valence-corrected chi connectivity index (χ0v) is 9.78. The van der Waals surface area contributed by atoms with Crippen molar-refractivity contribution in [3.05, 3.63) is 0 Å². The Kier molecular flexibility index (Phi) is 9.89. The molecule has 0 bridgehead atoms. The smallest absolute Gasteiger partial charge is 0.246 e. The molecule has 0 atom stereocenters. The summed E-state index contributed by atoms with van der Waals surface area (Å²) in [5.41, 5.74) is 0. The fourth-order valence-corrected chi connectivity index (χ4v) is 0.842. The van der Waals surface area contributed by atoms with Gasteiger partial charge in [0.25, 0.3) is 0 Å². The Morgan fingerprint density at radius 2 is 1.69 bits per heavy atom. The minimum atomic E-state index is -0.191. The summed E-state index contributed by atoms with van der Waals surface area (Å²) in [5.74, 6) is -0.221. The molecule has 6 nitrogen and oxygen atoms in total. The van der Waals surface area contributed by atoms with Crippen LogP contribution in [-0.4, -0.2) is 58.4 Å². The Labute approximate surface area is 95.2 Å². The third kappa shape index (κ3) is 11.1. The van der Waals surface area contributed by atoms with Gasteiger partial charge < -0.3 is 19.5 Å². The van der Waals surface area contributed by atoms with E-state index in [0.717, 1.165) is 0 Å². The predicted molar refractivity (Wildman–Crippen MR) is 57.2 cm³/mol. The van der Waals surface area contributed by atoms with Crippen LogP contribution in [0.15, 0.2) is 0 Å². The molecule has 0 rings (SSSR count). The van der Waals surface area contributed by atoms with E-state index in [1.54, 1.807) is 7.11 Å². The second-order valence-corrected chi connectivity index (χ2v) is 3.15. The second kappa shape index (κ2) is 10.5. The lowest BCUT2D eigenvalue weighted by Gasteiger charge is -2.05. The number of Topliss-reactive ketones (excluding diaryl/α,β-unsaturated/α-hetero) is 1. The molecule has 0 aromatic rings. The van der Waals surface area contributed by atoms with Crippen molar-refractivity contribution in [2.45, 2.75) is 6.92 Å². The highest BCUT2D eigenvalue weighted by Crippen LogP contribution is 1.80. The van der Waals surface area contributed by atoms with Crippen molar-refractivity contribution in [2.24, 2.45) is 0 Å². The fraction of sp³-hybridized carbons (Fsp3) is 0.800. The molecule has 0 aliphatic heterocycles. The number of carbonyl (C=O) groups excluding carboxylic acids is 2. The Bertz CT molecular complexity index is 207. The van der Waals surface area contributed by atoms with Gasteiger partial charge in [-0.3, -0.25) is 9.59 Å². The zero-order valence-electron chi connectivity index (χ0n) is 9.78. The van der Waals surface area contributed by atoms with E-state index >= 15 is 0 Å². The van der Waals surface area contributed by atoms with E-state index < -0.39 is 0 Å². The molecule has 1 N–H and O–H groups in total. The molecule has 1 amide bonds. The molecular formula is C10H19NO5. The van der Waals surface area contributed by atoms with E-state index in [4.69, 9.17) is 14.2 Å². The summed E-state index contributed by atoms with van der Waals surface area (Å²) in [6.45, 7) is 3.09. The quantitative estimate of drug-likeness (QED) is 0.509. The highest BCUT2D eigenvalue weighted by Gasteiger charge is 2.00. The molecule has 0 heterocycles. The van der Waals surface area contributed by atoms with Gasteiger partial charge in [0, 0.05) is 13.7 Å². The van der Waals surface area contributed by atoms with Crippen molar-refractivity contribution in [1.29, 1.82) is 0 Å². The molecule has 0 aliphatic carbocycles. The number of rotatable bonds is 10. The van der Waals surface area contributed by atoms with Crippen LogP contribution < -0.4 is 5.32 Å². The number of nitrogens with one attached hydrogen (secondary N) is 1. The summed E-state index contributed by atoms with van der Waals surface area (Å²) in [6.07, 6.45) is 0. The van der Waals surface area contributed by atoms with Crippen molar-refractivity contribution in [2.75, 3.05) is 46.7 Å². The molecule has 0 fully saturated rings. The molecular weight excluding hydrogens is 214 g/mol. The third-order valence-electron chi connectivity index (χ3n) is 1.54. The topological polar surface area (TPSA) is 73.9 Å². The molecule has 0 spiro atoms. The average Bonchev–Trinajstić information content (AvgIpc) is 2.23.